The summed E-state index contributed by atoms with van der Waals surface area (Å²) in [6.07, 6.45) is 2.28. The lowest BCUT2D eigenvalue weighted by Crippen LogP contribution is -2.08. The topological polar surface area (TPSA) is 67.3 Å². The first-order valence-electron chi connectivity index (χ1n) is 5.23. The Kier molecular flexibility index (Phi) is 3.82. The van der Waals surface area contributed by atoms with E-state index in [9.17, 15) is 14.0 Å². The largest absolute Gasteiger partial charge is 0.475 e. The molecule has 0 atom stereocenters. The van der Waals surface area contributed by atoms with E-state index in [1.54, 1.807) is 17.5 Å². The van der Waals surface area contributed by atoms with Gasteiger partial charge in [-0.3, -0.25) is 4.79 Å². The summed E-state index contributed by atoms with van der Waals surface area (Å²) in [6, 6.07) is 5.87. The number of nitrogens with zero attached hydrogens (tertiary/aromatic N) is 1. The highest BCUT2D eigenvalue weighted by molar-refractivity contribution is 7.13. The van der Waals surface area contributed by atoms with Crippen molar-refractivity contribution in [1.29, 1.82) is 0 Å². The molecule has 0 aliphatic rings. The summed E-state index contributed by atoms with van der Waals surface area (Å²) in [5.41, 5.74) is 1.24. The summed E-state index contributed by atoms with van der Waals surface area (Å²) in [7, 11) is 0. The molecule has 1 aromatic carbocycles. The van der Waals surface area contributed by atoms with E-state index in [4.69, 9.17) is 5.11 Å². The zero-order chi connectivity index (χ0) is 13.8. The number of benzene rings is 1. The first kappa shape index (κ1) is 13.1. The Morgan fingerprint density at radius 1 is 1.26 bits per heavy atom. The molecule has 1 heterocycles. The molecule has 2 aromatic rings. The van der Waals surface area contributed by atoms with E-state index in [-0.39, 0.29) is 5.82 Å². The molecule has 96 valence electrons. The van der Waals surface area contributed by atoms with E-state index < -0.39 is 11.8 Å². The third-order valence-corrected chi connectivity index (χ3v) is 3.14. The van der Waals surface area contributed by atoms with Crippen molar-refractivity contribution in [3.63, 3.8) is 0 Å². The average molecular weight is 277 g/mol. The Morgan fingerprint density at radius 2 is 1.95 bits per heavy atom. The van der Waals surface area contributed by atoms with Gasteiger partial charge in [0, 0.05) is 10.9 Å². The van der Waals surface area contributed by atoms with Crippen LogP contribution in [0.5, 0.6) is 0 Å². The molecule has 0 spiro atoms. The lowest BCUT2D eigenvalue weighted by atomic mass is 10.2. The normalized spacial score (nSPS) is 10.8. The zero-order valence-corrected chi connectivity index (χ0v) is 10.4. The van der Waals surface area contributed by atoms with Crippen LogP contribution in [-0.2, 0) is 9.59 Å². The van der Waals surface area contributed by atoms with Gasteiger partial charge in [0.25, 0.3) is 5.78 Å². The number of carboxylic acid groups (broad SMARTS) is 1. The van der Waals surface area contributed by atoms with Gasteiger partial charge in [-0.15, -0.1) is 11.3 Å². The van der Waals surface area contributed by atoms with Gasteiger partial charge in [0.15, 0.2) is 0 Å². The zero-order valence-electron chi connectivity index (χ0n) is 9.54. The van der Waals surface area contributed by atoms with Crippen molar-refractivity contribution in [1.82, 2.24) is 4.98 Å². The number of halogens is 1. The summed E-state index contributed by atoms with van der Waals surface area (Å²) in [5, 5.41) is 10.8. The van der Waals surface area contributed by atoms with Gasteiger partial charge in [-0.05, 0) is 36.4 Å². The number of carboxylic acids is 1. The molecular weight excluding hydrogens is 269 g/mol. The Balaban J connectivity index is 2.17. The minimum atomic E-state index is -1.51. The summed E-state index contributed by atoms with van der Waals surface area (Å²) in [4.78, 5) is 25.4. The van der Waals surface area contributed by atoms with Gasteiger partial charge in [-0.25, -0.2) is 14.2 Å². The minimum Gasteiger partial charge on any atom is -0.475 e. The molecule has 1 aromatic heterocycles. The fourth-order valence-electron chi connectivity index (χ4n) is 1.32. The van der Waals surface area contributed by atoms with Gasteiger partial charge in [-0.2, -0.15) is 0 Å². The summed E-state index contributed by atoms with van der Waals surface area (Å²) in [6.45, 7) is 0. The third kappa shape index (κ3) is 3.32. The van der Waals surface area contributed by atoms with E-state index in [1.807, 2.05) is 0 Å². The highest BCUT2D eigenvalue weighted by Crippen LogP contribution is 2.24. The first-order chi connectivity index (χ1) is 9.06. The van der Waals surface area contributed by atoms with Crippen LogP contribution in [0.25, 0.3) is 16.6 Å². The predicted octanol–water partition coefficient (Wildman–Crippen LogP) is 2.62. The number of carbonyl (C=O) groups is 2. The summed E-state index contributed by atoms with van der Waals surface area (Å²) in [5.74, 6) is -2.84. The van der Waals surface area contributed by atoms with E-state index in [0.29, 0.717) is 10.7 Å². The summed E-state index contributed by atoms with van der Waals surface area (Å²) >= 11 is 1.33. The number of aromatic nitrogens is 1. The Hall–Kier alpha value is -2.34. The lowest BCUT2D eigenvalue weighted by Gasteiger charge is -1.94. The van der Waals surface area contributed by atoms with Crippen molar-refractivity contribution in [2.45, 2.75) is 0 Å². The number of aliphatic carboxylic acids is 1. The second kappa shape index (κ2) is 5.53. The van der Waals surface area contributed by atoms with Crippen LogP contribution in [0.3, 0.4) is 0 Å². The number of hydrogen-bond donors (Lipinski definition) is 1. The van der Waals surface area contributed by atoms with E-state index in [0.717, 1.165) is 11.6 Å². The molecule has 0 fully saturated rings. The Morgan fingerprint density at radius 3 is 2.58 bits per heavy atom. The van der Waals surface area contributed by atoms with Crippen molar-refractivity contribution >= 4 is 29.2 Å². The molecule has 0 saturated heterocycles. The van der Waals surface area contributed by atoms with E-state index in [1.165, 1.54) is 29.5 Å². The molecule has 0 unspecified atom stereocenters. The highest BCUT2D eigenvalue weighted by Gasteiger charge is 2.07. The minimum absolute atomic E-state index is 0.326. The number of carbonyl (C=O) groups excluding carboxylic acids is 1. The quantitative estimate of drug-likeness (QED) is 0.689. The van der Waals surface area contributed by atoms with Gasteiger partial charge in [0.2, 0.25) is 0 Å². The van der Waals surface area contributed by atoms with E-state index in [2.05, 4.69) is 4.98 Å². The van der Waals surface area contributed by atoms with Crippen LogP contribution in [0.1, 0.15) is 5.69 Å². The monoisotopic (exact) mass is 277 g/mol. The Labute approximate surface area is 111 Å². The van der Waals surface area contributed by atoms with E-state index >= 15 is 0 Å². The molecule has 19 heavy (non-hydrogen) atoms. The van der Waals surface area contributed by atoms with Crippen LogP contribution in [0.2, 0.25) is 0 Å². The molecule has 0 saturated carbocycles. The molecule has 2 rings (SSSR count). The molecule has 1 N–H and O–H groups in total. The molecule has 6 heteroatoms. The number of hydrogen-bond acceptors (Lipinski definition) is 4. The molecule has 0 amide bonds. The molecule has 0 bridgehead atoms. The number of rotatable bonds is 4. The molecule has 4 nitrogen and oxygen atoms in total. The van der Waals surface area contributed by atoms with Crippen molar-refractivity contribution in [3.05, 3.63) is 47.2 Å². The smallest absolute Gasteiger partial charge is 0.376 e. The summed E-state index contributed by atoms with van der Waals surface area (Å²) < 4.78 is 12.8. The average Bonchev–Trinajstić information content (AvgIpc) is 2.85. The van der Waals surface area contributed by atoms with Gasteiger partial charge >= 0.3 is 5.97 Å². The second-order valence-electron chi connectivity index (χ2n) is 3.59. The van der Waals surface area contributed by atoms with Crippen LogP contribution in [-0.4, -0.2) is 21.8 Å². The van der Waals surface area contributed by atoms with Crippen molar-refractivity contribution < 1.29 is 19.1 Å². The van der Waals surface area contributed by atoms with Gasteiger partial charge < -0.3 is 5.11 Å². The third-order valence-electron chi connectivity index (χ3n) is 2.23. The molecule has 0 radical (unpaired) electrons. The van der Waals surface area contributed by atoms with Crippen LogP contribution >= 0.6 is 11.3 Å². The molecule has 0 aliphatic carbocycles. The number of thiazole rings is 1. The maximum absolute atomic E-state index is 12.8. The maximum Gasteiger partial charge on any atom is 0.376 e. The van der Waals surface area contributed by atoms with Crippen LogP contribution in [0, 0.1) is 5.82 Å². The maximum atomic E-state index is 12.8. The van der Waals surface area contributed by atoms with Crippen LogP contribution in [0.4, 0.5) is 4.39 Å². The fraction of sp³-hybridized carbons (Fsp3) is 0. The van der Waals surface area contributed by atoms with Gasteiger partial charge in [0.05, 0.1) is 5.69 Å². The molecular formula is C13H8FNO3S. The predicted molar refractivity (Wildman–Crippen MR) is 69.2 cm³/mol. The van der Waals surface area contributed by atoms with Crippen molar-refractivity contribution in [2.75, 3.05) is 0 Å². The van der Waals surface area contributed by atoms with Crippen molar-refractivity contribution in [3.8, 4) is 10.6 Å². The highest BCUT2D eigenvalue weighted by atomic mass is 32.1. The first-order valence-corrected chi connectivity index (χ1v) is 6.11. The molecule has 0 aliphatic heterocycles. The SMILES string of the molecule is O=C(O)C(=O)/C=C/c1csc(-c2ccc(F)cc2)n1. The van der Waals surface area contributed by atoms with Gasteiger partial charge in [0.1, 0.15) is 10.8 Å². The lowest BCUT2D eigenvalue weighted by molar-refractivity contribution is -0.146. The second-order valence-corrected chi connectivity index (χ2v) is 4.45. The van der Waals surface area contributed by atoms with Crippen molar-refractivity contribution in [2.24, 2.45) is 0 Å². The number of ketones is 1. The van der Waals surface area contributed by atoms with Crippen LogP contribution < -0.4 is 0 Å². The fourth-order valence-corrected chi connectivity index (χ4v) is 2.11. The van der Waals surface area contributed by atoms with Gasteiger partial charge in [-0.1, -0.05) is 0 Å². The van der Waals surface area contributed by atoms with Crippen LogP contribution in [0.15, 0.2) is 35.7 Å². The standard InChI is InChI=1S/C13H8FNO3S/c14-9-3-1-8(2-4-9)12-15-10(7-19-12)5-6-11(16)13(17)18/h1-7H,(H,17,18)/b6-5+. The Bertz CT molecular complexity index is 646.